The average molecular weight is 443 g/mol. The van der Waals surface area contributed by atoms with Crippen molar-refractivity contribution < 1.29 is 18.7 Å². The molecule has 32 heavy (non-hydrogen) atoms. The van der Waals surface area contributed by atoms with Gasteiger partial charge in [-0.05, 0) is 37.3 Å². The quantitative estimate of drug-likeness (QED) is 0.771. The SMILES string of the molecule is C/C=C\c1ccc2n(c1=O)C[C@@H]1[C@@H](CO)[C@H](C(=O)N(C)C)[C@H]2N1Cc1cc(F)ccc1F. The van der Waals surface area contributed by atoms with E-state index in [1.165, 1.54) is 4.90 Å². The van der Waals surface area contributed by atoms with E-state index in [2.05, 4.69) is 0 Å². The highest BCUT2D eigenvalue weighted by Gasteiger charge is 2.56. The second kappa shape index (κ2) is 8.60. The Hall–Kier alpha value is -2.84. The Morgan fingerprint density at radius 1 is 1.25 bits per heavy atom. The number of fused-ring (bicyclic) bond motifs is 4. The number of aliphatic hydroxyl groups excluding tert-OH is 1. The molecule has 1 saturated heterocycles. The summed E-state index contributed by atoms with van der Waals surface area (Å²) in [4.78, 5) is 29.7. The maximum absolute atomic E-state index is 14.5. The first-order valence-corrected chi connectivity index (χ1v) is 10.7. The topological polar surface area (TPSA) is 65.8 Å². The highest BCUT2D eigenvalue weighted by atomic mass is 19.1. The molecule has 0 radical (unpaired) electrons. The summed E-state index contributed by atoms with van der Waals surface area (Å²) in [6.45, 7) is 1.90. The number of hydrogen-bond donors (Lipinski definition) is 1. The van der Waals surface area contributed by atoms with E-state index in [0.29, 0.717) is 11.3 Å². The maximum Gasteiger partial charge on any atom is 0.258 e. The fourth-order valence-electron chi connectivity index (χ4n) is 5.20. The molecule has 2 aromatic rings. The number of carbonyl (C=O) groups is 1. The van der Waals surface area contributed by atoms with Crippen molar-refractivity contribution in [1.82, 2.24) is 14.4 Å². The molecule has 0 aliphatic carbocycles. The predicted octanol–water partition coefficient (Wildman–Crippen LogP) is 2.41. The number of aliphatic hydroxyl groups is 1. The molecule has 4 rings (SSSR count). The van der Waals surface area contributed by atoms with Gasteiger partial charge in [0.1, 0.15) is 11.6 Å². The molecular formula is C24H27F2N3O3. The summed E-state index contributed by atoms with van der Waals surface area (Å²) in [5.74, 6) is -2.31. The van der Waals surface area contributed by atoms with Crippen molar-refractivity contribution in [2.24, 2.45) is 11.8 Å². The predicted molar refractivity (Wildman–Crippen MR) is 117 cm³/mol. The average Bonchev–Trinajstić information content (AvgIpc) is 2.96. The first-order chi connectivity index (χ1) is 15.3. The van der Waals surface area contributed by atoms with E-state index < -0.39 is 29.5 Å². The van der Waals surface area contributed by atoms with E-state index >= 15 is 0 Å². The summed E-state index contributed by atoms with van der Waals surface area (Å²) in [5, 5.41) is 10.3. The summed E-state index contributed by atoms with van der Waals surface area (Å²) in [5.41, 5.74) is 1.20. The Kier molecular flexibility index (Phi) is 6.01. The number of halogens is 2. The van der Waals surface area contributed by atoms with Gasteiger partial charge in [0.2, 0.25) is 5.91 Å². The molecule has 1 aromatic carbocycles. The van der Waals surface area contributed by atoms with Crippen LogP contribution in [0.1, 0.15) is 29.8 Å². The van der Waals surface area contributed by atoms with Gasteiger partial charge in [-0.2, -0.15) is 0 Å². The Bertz CT molecular complexity index is 1130. The van der Waals surface area contributed by atoms with Gasteiger partial charge in [-0.3, -0.25) is 14.5 Å². The van der Waals surface area contributed by atoms with Crippen molar-refractivity contribution in [2.75, 3.05) is 20.7 Å². The minimum atomic E-state index is -0.614. The first-order valence-electron chi connectivity index (χ1n) is 10.7. The molecule has 8 heteroatoms. The van der Waals surface area contributed by atoms with Crippen LogP contribution >= 0.6 is 0 Å². The number of hydrogen-bond acceptors (Lipinski definition) is 4. The first kappa shape index (κ1) is 22.4. The van der Waals surface area contributed by atoms with Crippen LogP contribution < -0.4 is 5.56 Å². The zero-order valence-corrected chi connectivity index (χ0v) is 18.3. The van der Waals surface area contributed by atoms with Crippen molar-refractivity contribution in [3.05, 3.63) is 75.2 Å². The molecule has 1 amide bonds. The van der Waals surface area contributed by atoms with Crippen LogP contribution in [-0.4, -0.2) is 52.1 Å². The van der Waals surface area contributed by atoms with Gasteiger partial charge in [0.15, 0.2) is 0 Å². The summed E-state index contributed by atoms with van der Waals surface area (Å²) in [7, 11) is 3.30. The summed E-state index contributed by atoms with van der Waals surface area (Å²) in [6, 6.07) is 5.92. The molecule has 1 N–H and O–H groups in total. The molecule has 6 nitrogen and oxygen atoms in total. The van der Waals surface area contributed by atoms with Crippen molar-refractivity contribution in [2.45, 2.75) is 32.1 Å². The third kappa shape index (κ3) is 3.57. The van der Waals surface area contributed by atoms with Crippen LogP contribution in [0.15, 0.2) is 41.2 Å². The number of carbonyl (C=O) groups excluding carboxylic acids is 1. The fourth-order valence-corrected chi connectivity index (χ4v) is 5.20. The molecule has 0 spiro atoms. The molecule has 4 atom stereocenters. The molecule has 0 saturated carbocycles. The van der Waals surface area contributed by atoms with E-state index in [-0.39, 0.29) is 42.8 Å². The van der Waals surface area contributed by atoms with Crippen LogP contribution in [-0.2, 0) is 17.9 Å². The standard InChI is InChI=1S/C24H27F2N3O3/c1-4-5-14-6-9-19-22-21(24(32)27(2)3)17(13-30)20(12-29(19)23(14)31)28(22)11-15-10-16(25)7-8-18(15)26/h4-10,17,20-22,30H,11-13H2,1-3H3/b5-4-/t17-,20-,21+,22+/m1/s1. The lowest BCUT2D eigenvalue weighted by molar-refractivity contribution is -0.135. The summed E-state index contributed by atoms with van der Waals surface area (Å²) in [6.07, 6.45) is 3.52. The second-order valence-electron chi connectivity index (χ2n) is 8.65. The molecule has 170 valence electrons. The fraction of sp³-hybridized carbons (Fsp3) is 0.417. The van der Waals surface area contributed by atoms with E-state index in [9.17, 15) is 23.5 Å². The Balaban J connectivity index is 1.87. The van der Waals surface area contributed by atoms with Gasteiger partial charge in [0.25, 0.3) is 5.56 Å². The van der Waals surface area contributed by atoms with Gasteiger partial charge in [0, 0.05) is 62.6 Å². The van der Waals surface area contributed by atoms with Crippen molar-refractivity contribution in [3.63, 3.8) is 0 Å². The van der Waals surface area contributed by atoms with Crippen LogP contribution in [0.2, 0.25) is 0 Å². The lowest BCUT2D eigenvalue weighted by Crippen LogP contribution is -2.46. The van der Waals surface area contributed by atoms with Crippen LogP contribution in [0.3, 0.4) is 0 Å². The van der Waals surface area contributed by atoms with Gasteiger partial charge in [0.05, 0.1) is 12.0 Å². The molecule has 1 aromatic heterocycles. The zero-order valence-electron chi connectivity index (χ0n) is 18.3. The third-order valence-electron chi connectivity index (χ3n) is 6.63. The van der Waals surface area contributed by atoms with Crippen molar-refractivity contribution >= 4 is 12.0 Å². The Morgan fingerprint density at radius 2 is 2.00 bits per heavy atom. The number of nitrogens with zero attached hydrogens (tertiary/aromatic N) is 3. The highest BCUT2D eigenvalue weighted by molar-refractivity contribution is 5.80. The van der Waals surface area contributed by atoms with Crippen molar-refractivity contribution in [1.29, 1.82) is 0 Å². The minimum absolute atomic E-state index is 0.0669. The molecule has 2 aliphatic heterocycles. The van der Waals surface area contributed by atoms with Gasteiger partial charge >= 0.3 is 0 Å². The van der Waals surface area contributed by atoms with Crippen LogP contribution in [0.4, 0.5) is 8.78 Å². The largest absolute Gasteiger partial charge is 0.396 e. The smallest absolute Gasteiger partial charge is 0.258 e. The van der Waals surface area contributed by atoms with E-state index in [0.717, 1.165) is 18.2 Å². The summed E-state index contributed by atoms with van der Waals surface area (Å²) >= 11 is 0. The van der Waals surface area contributed by atoms with Gasteiger partial charge in [-0.1, -0.05) is 12.2 Å². The lowest BCUT2D eigenvalue weighted by atomic mass is 9.86. The van der Waals surface area contributed by atoms with Crippen LogP contribution in [0.5, 0.6) is 0 Å². The number of benzene rings is 1. The lowest BCUT2D eigenvalue weighted by Gasteiger charge is -2.38. The number of allylic oxidation sites excluding steroid dienone is 1. The molecular weight excluding hydrogens is 416 g/mol. The van der Waals surface area contributed by atoms with Gasteiger partial charge in [-0.15, -0.1) is 0 Å². The van der Waals surface area contributed by atoms with Crippen LogP contribution in [0.25, 0.3) is 6.08 Å². The normalized spacial score (nSPS) is 24.7. The Morgan fingerprint density at radius 3 is 2.66 bits per heavy atom. The zero-order chi connectivity index (χ0) is 23.2. The minimum Gasteiger partial charge on any atom is -0.396 e. The van der Waals surface area contributed by atoms with Crippen LogP contribution in [0, 0.1) is 23.5 Å². The maximum atomic E-state index is 14.5. The number of pyridine rings is 1. The van der Waals surface area contributed by atoms with E-state index in [1.54, 1.807) is 36.9 Å². The molecule has 0 unspecified atom stereocenters. The molecule has 2 bridgehead atoms. The van der Waals surface area contributed by atoms with Crippen molar-refractivity contribution in [3.8, 4) is 0 Å². The number of aromatic nitrogens is 1. The van der Waals surface area contributed by atoms with Gasteiger partial charge < -0.3 is 14.6 Å². The molecule has 3 heterocycles. The van der Waals surface area contributed by atoms with Gasteiger partial charge in [-0.25, -0.2) is 8.78 Å². The molecule has 1 fully saturated rings. The van der Waals surface area contributed by atoms with E-state index in [1.807, 2.05) is 17.9 Å². The number of amides is 1. The number of rotatable bonds is 5. The second-order valence-corrected chi connectivity index (χ2v) is 8.65. The highest BCUT2D eigenvalue weighted by Crippen LogP contribution is 2.49. The molecule has 2 aliphatic rings. The Labute approximate surface area is 185 Å². The monoisotopic (exact) mass is 443 g/mol. The van der Waals surface area contributed by atoms with E-state index in [4.69, 9.17) is 0 Å². The third-order valence-corrected chi connectivity index (χ3v) is 6.63. The summed E-state index contributed by atoms with van der Waals surface area (Å²) < 4.78 is 30.0.